The van der Waals surface area contributed by atoms with Gasteiger partial charge in [-0.3, -0.25) is 9.89 Å². The molecule has 1 aliphatic carbocycles. The molecule has 2 heterocycles. The normalized spacial score (nSPS) is 31.5. The molecule has 1 spiro atoms. The first kappa shape index (κ1) is 24.4. The minimum Gasteiger partial charge on any atom is -0.359 e. The van der Waals surface area contributed by atoms with Crippen molar-refractivity contribution in [3.8, 4) is 0 Å². The molecule has 0 amide bonds. The van der Waals surface area contributed by atoms with Crippen molar-refractivity contribution in [3.05, 3.63) is 0 Å². The van der Waals surface area contributed by atoms with Crippen LogP contribution in [0.25, 0.3) is 0 Å². The zero-order valence-electron chi connectivity index (χ0n) is 20.3. The first-order valence-electron chi connectivity index (χ1n) is 12.9. The van der Waals surface area contributed by atoms with Gasteiger partial charge in [-0.2, -0.15) is 0 Å². The smallest absolute Gasteiger partial charge is 0.157 e. The molecular weight excluding hydrogens is 388 g/mol. The Hall–Kier alpha value is -0.260. The fraction of sp³-hybridized carbons (Fsp3) is 0.960. The second-order valence-corrected chi connectivity index (χ2v) is 12.0. The van der Waals surface area contributed by atoms with E-state index in [1.807, 2.05) is 0 Å². The van der Waals surface area contributed by atoms with Crippen molar-refractivity contribution in [2.45, 2.75) is 102 Å². The Morgan fingerprint density at radius 1 is 0.933 bits per heavy atom. The topological polar surface area (TPSA) is 30.9 Å². The lowest BCUT2D eigenvalue weighted by molar-refractivity contribution is 0.133. The van der Waals surface area contributed by atoms with Crippen molar-refractivity contribution in [2.24, 2.45) is 10.9 Å². The van der Waals surface area contributed by atoms with Crippen LogP contribution in [0.15, 0.2) is 4.99 Å². The van der Waals surface area contributed by atoms with Gasteiger partial charge in [-0.1, -0.05) is 57.7 Å². The summed E-state index contributed by atoms with van der Waals surface area (Å²) in [5.74, 6) is 0.896. The summed E-state index contributed by atoms with van der Waals surface area (Å²) in [6.45, 7) is 17.8. The average Bonchev–Trinajstić information content (AvgIpc) is 2.97. The van der Waals surface area contributed by atoms with Gasteiger partial charge in [-0.25, -0.2) is 0 Å². The molecule has 3 aliphatic rings. The maximum atomic E-state index is 5.00. The monoisotopic (exact) mass is 436 g/mol. The van der Waals surface area contributed by atoms with Crippen LogP contribution in [0.3, 0.4) is 0 Å². The van der Waals surface area contributed by atoms with Crippen LogP contribution >= 0.6 is 11.8 Å². The average molecular weight is 437 g/mol. The summed E-state index contributed by atoms with van der Waals surface area (Å²) in [5, 5.41) is 4.98. The van der Waals surface area contributed by atoms with Crippen LogP contribution in [-0.4, -0.2) is 71.1 Å². The van der Waals surface area contributed by atoms with E-state index in [4.69, 9.17) is 4.99 Å². The van der Waals surface area contributed by atoms with Crippen LogP contribution in [0.2, 0.25) is 0 Å². The highest BCUT2D eigenvalue weighted by Gasteiger charge is 2.53. The van der Waals surface area contributed by atoms with Gasteiger partial charge in [-0.15, -0.1) is 0 Å². The minimum atomic E-state index is 0.165. The second-order valence-electron chi connectivity index (χ2n) is 10.7. The van der Waals surface area contributed by atoms with Crippen LogP contribution in [0.1, 0.15) is 91.9 Å². The molecule has 30 heavy (non-hydrogen) atoms. The van der Waals surface area contributed by atoms with Gasteiger partial charge >= 0.3 is 0 Å². The Morgan fingerprint density at radius 2 is 1.53 bits per heavy atom. The van der Waals surface area contributed by atoms with Gasteiger partial charge < -0.3 is 10.2 Å². The third-order valence-electron chi connectivity index (χ3n) is 7.90. The van der Waals surface area contributed by atoms with Crippen molar-refractivity contribution in [1.29, 1.82) is 0 Å². The molecule has 2 saturated heterocycles. The van der Waals surface area contributed by atoms with Crippen LogP contribution < -0.4 is 5.32 Å². The number of aliphatic imine (C=N–C) groups is 1. The van der Waals surface area contributed by atoms with E-state index in [2.05, 4.69) is 54.6 Å². The Kier molecular flexibility index (Phi) is 9.40. The number of nitrogens with one attached hydrogen (secondary N) is 1. The number of hydrogen-bond acceptors (Lipinski definition) is 4. The second kappa shape index (κ2) is 11.6. The molecule has 0 atom stereocenters. The van der Waals surface area contributed by atoms with Crippen molar-refractivity contribution >= 4 is 16.9 Å². The molecule has 0 aromatic heterocycles. The summed E-state index contributed by atoms with van der Waals surface area (Å²) in [6, 6.07) is 0. The van der Waals surface area contributed by atoms with E-state index in [0.29, 0.717) is 4.75 Å². The van der Waals surface area contributed by atoms with Crippen LogP contribution in [0.4, 0.5) is 0 Å². The van der Waals surface area contributed by atoms with Gasteiger partial charge in [0.05, 0.1) is 6.54 Å². The Morgan fingerprint density at radius 3 is 2.20 bits per heavy atom. The molecule has 3 rings (SSSR count). The lowest BCUT2D eigenvalue weighted by atomic mass is 9.73. The van der Waals surface area contributed by atoms with Crippen LogP contribution in [-0.2, 0) is 0 Å². The third-order valence-corrected chi connectivity index (χ3v) is 9.63. The number of amidine groups is 1. The Balaban J connectivity index is 1.32. The van der Waals surface area contributed by atoms with Gasteiger partial charge in [0.25, 0.3) is 0 Å². The molecular formula is C25H48N4S. The minimum absolute atomic E-state index is 0.165. The zero-order valence-corrected chi connectivity index (χ0v) is 21.2. The first-order valence-corrected chi connectivity index (χ1v) is 13.7. The fourth-order valence-electron chi connectivity index (χ4n) is 5.39. The highest BCUT2D eigenvalue weighted by atomic mass is 32.2. The van der Waals surface area contributed by atoms with Crippen molar-refractivity contribution in [2.75, 3.05) is 45.8 Å². The van der Waals surface area contributed by atoms with Crippen molar-refractivity contribution < 1.29 is 0 Å². The predicted octanol–water partition coefficient (Wildman–Crippen LogP) is 5.38. The summed E-state index contributed by atoms with van der Waals surface area (Å²) in [5.41, 5.74) is 0.165. The molecule has 0 aromatic carbocycles. The van der Waals surface area contributed by atoms with Gasteiger partial charge in [-0.05, 0) is 58.4 Å². The third kappa shape index (κ3) is 6.62. The fourth-order valence-corrected chi connectivity index (χ4v) is 6.97. The summed E-state index contributed by atoms with van der Waals surface area (Å²) in [4.78, 5) is 10.3. The molecule has 0 aromatic rings. The first-order chi connectivity index (χ1) is 14.4. The van der Waals surface area contributed by atoms with Crippen LogP contribution in [0, 0.1) is 5.92 Å². The lowest BCUT2D eigenvalue weighted by Crippen LogP contribution is -2.52. The Labute approximate surface area is 191 Å². The molecule has 4 nitrogen and oxygen atoms in total. The Bertz CT molecular complexity index is 531. The molecule has 2 aliphatic heterocycles. The lowest BCUT2D eigenvalue weighted by Gasteiger charge is -2.43. The van der Waals surface area contributed by atoms with Gasteiger partial charge in [0.2, 0.25) is 0 Å². The van der Waals surface area contributed by atoms with Gasteiger partial charge in [0.1, 0.15) is 0 Å². The maximum absolute atomic E-state index is 5.00. The number of piperazine rings is 1. The number of thioether (sulfide) groups is 1. The number of rotatable bonds is 10. The van der Waals surface area contributed by atoms with E-state index in [1.165, 1.54) is 102 Å². The van der Waals surface area contributed by atoms with Crippen molar-refractivity contribution in [3.63, 3.8) is 0 Å². The van der Waals surface area contributed by atoms with E-state index < -0.39 is 0 Å². The number of nitrogens with zero attached hydrogens (tertiary/aromatic N) is 3. The van der Waals surface area contributed by atoms with Gasteiger partial charge in [0, 0.05) is 43.0 Å². The molecule has 3 fully saturated rings. The van der Waals surface area contributed by atoms with E-state index >= 15 is 0 Å². The zero-order chi connectivity index (χ0) is 21.5. The largest absolute Gasteiger partial charge is 0.359 e. The molecule has 0 radical (unpaired) electrons. The SMILES string of the molecule is CCCCCCCCN1CCN(CCN=C2NC(C)(C)C3(CCC(C)CC3)S2)CC1. The summed E-state index contributed by atoms with van der Waals surface area (Å²) in [7, 11) is 0. The van der Waals surface area contributed by atoms with E-state index in [-0.39, 0.29) is 5.54 Å². The summed E-state index contributed by atoms with van der Waals surface area (Å²) < 4.78 is 0.362. The quantitative estimate of drug-likeness (QED) is 0.466. The molecule has 1 N–H and O–H groups in total. The van der Waals surface area contributed by atoms with Crippen molar-refractivity contribution in [1.82, 2.24) is 15.1 Å². The summed E-state index contributed by atoms with van der Waals surface area (Å²) >= 11 is 2.06. The number of unbranched alkanes of at least 4 members (excludes halogenated alkanes) is 5. The molecule has 0 bridgehead atoms. The van der Waals surface area contributed by atoms with E-state index in [9.17, 15) is 0 Å². The number of hydrogen-bond donors (Lipinski definition) is 1. The highest BCUT2D eigenvalue weighted by molar-refractivity contribution is 8.15. The predicted molar refractivity (Wildman–Crippen MR) is 134 cm³/mol. The van der Waals surface area contributed by atoms with E-state index in [0.717, 1.165) is 19.0 Å². The highest BCUT2D eigenvalue weighted by Crippen LogP contribution is 2.52. The van der Waals surface area contributed by atoms with Crippen LogP contribution in [0.5, 0.6) is 0 Å². The standard InChI is InChI=1S/C25H48N4S/c1-5-6-7-8-9-10-16-28-18-20-29(21-19-28)17-15-26-23-27-24(3,4)25(30-23)13-11-22(2)12-14-25/h22H,5-21H2,1-4H3,(H,26,27). The molecule has 0 unspecified atom stereocenters. The van der Waals surface area contributed by atoms with E-state index in [1.54, 1.807) is 0 Å². The molecule has 5 heteroatoms. The maximum Gasteiger partial charge on any atom is 0.157 e. The van der Waals surface area contributed by atoms with Gasteiger partial charge in [0.15, 0.2) is 5.17 Å². The molecule has 1 saturated carbocycles. The summed E-state index contributed by atoms with van der Waals surface area (Å²) in [6.07, 6.45) is 13.8. The molecule has 174 valence electrons.